The van der Waals surface area contributed by atoms with Gasteiger partial charge in [-0.1, -0.05) is 0 Å². The number of amides is 1. The number of aromatic nitrogens is 4. The van der Waals surface area contributed by atoms with Gasteiger partial charge in [-0.25, -0.2) is 0 Å². The molecular weight excluding hydrogens is 294 g/mol. The summed E-state index contributed by atoms with van der Waals surface area (Å²) in [6.07, 6.45) is 6.98. The van der Waals surface area contributed by atoms with E-state index in [1.54, 1.807) is 30.4 Å². The van der Waals surface area contributed by atoms with E-state index in [2.05, 4.69) is 15.1 Å². The van der Waals surface area contributed by atoms with E-state index in [0.717, 1.165) is 43.0 Å². The number of carbonyl (C=O) groups is 1. The van der Waals surface area contributed by atoms with Gasteiger partial charge in [-0.2, -0.15) is 5.10 Å². The minimum atomic E-state index is 0.0565. The lowest BCUT2D eigenvalue weighted by molar-refractivity contribution is -0.134. The number of methoxy groups -OCH3 is 1. The summed E-state index contributed by atoms with van der Waals surface area (Å²) in [4.78, 5) is 22.8. The van der Waals surface area contributed by atoms with Crippen LogP contribution in [0.3, 0.4) is 0 Å². The minimum Gasteiger partial charge on any atom is -0.375 e. The molecule has 0 aromatic carbocycles. The average molecular weight is 315 g/mol. The van der Waals surface area contributed by atoms with Crippen LogP contribution in [0, 0.1) is 5.92 Å². The summed E-state index contributed by atoms with van der Waals surface area (Å²) in [6, 6.07) is 1.94. The number of hydrogen-bond acceptors (Lipinski definition) is 5. The number of hydrogen-bond donors (Lipinski definition) is 0. The molecule has 3 heterocycles. The summed E-state index contributed by atoms with van der Waals surface area (Å²) in [7, 11) is 3.44. The molecule has 0 saturated carbocycles. The molecule has 1 aliphatic rings. The highest BCUT2D eigenvalue weighted by atomic mass is 16.5. The van der Waals surface area contributed by atoms with Crippen molar-refractivity contribution in [3.05, 3.63) is 30.4 Å². The van der Waals surface area contributed by atoms with E-state index in [1.165, 1.54) is 0 Å². The maximum atomic E-state index is 11.9. The predicted molar refractivity (Wildman–Crippen MR) is 84.5 cm³/mol. The molecule has 1 amide bonds. The third kappa shape index (κ3) is 3.39. The summed E-state index contributed by atoms with van der Waals surface area (Å²) in [5.74, 6) is 0.459. The number of likely N-dealkylation sites (tertiary alicyclic amines) is 1. The Kier molecular flexibility index (Phi) is 4.66. The molecular formula is C16H21N5O2. The zero-order valence-electron chi connectivity index (χ0n) is 13.5. The molecule has 1 saturated heterocycles. The summed E-state index contributed by atoms with van der Waals surface area (Å²) in [5, 5.41) is 4.20. The van der Waals surface area contributed by atoms with Crippen molar-refractivity contribution >= 4 is 5.91 Å². The van der Waals surface area contributed by atoms with Crippen LogP contribution in [0.15, 0.2) is 24.7 Å². The van der Waals surface area contributed by atoms with E-state index in [1.807, 2.05) is 18.0 Å². The lowest BCUT2D eigenvalue weighted by Crippen LogP contribution is -2.31. The van der Waals surface area contributed by atoms with Crippen molar-refractivity contribution in [2.45, 2.75) is 12.8 Å². The van der Waals surface area contributed by atoms with E-state index in [4.69, 9.17) is 4.74 Å². The Morgan fingerprint density at radius 1 is 1.35 bits per heavy atom. The molecule has 0 spiro atoms. The van der Waals surface area contributed by atoms with Crippen LogP contribution in [-0.4, -0.2) is 57.4 Å². The smallest absolute Gasteiger partial charge is 0.248 e. The van der Waals surface area contributed by atoms with Crippen molar-refractivity contribution in [2.75, 3.05) is 26.8 Å². The van der Waals surface area contributed by atoms with Crippen LogP contribution in [0.1, 0.15) is 12.1 Å². The Morgan fingerprint density at radius 2 is 2.17 bits per heavy atom. The van der Waals surface area contributed by atoms with E-state index < -0.39 is 0 Å². The molecule has 3 rings (SSSR count). The highest BCUT2D eigenvalue weighted by molar-refractivity contribution is 5.77. The molecule has 0 bridgehead atoms. The molecule has 7 heteroatoms. The van der Waals surface area contributed by atoms with Crippen molar-refractivity contribution in [3.63, 3.8) is 0 Å². The highest BCUT2D eigenvalue weighted by Crippen LogP contribution is 2.25. The second-order valence-electron chi connectivity index (χ2n) is 5.82. The Labute approximate surface area is 135 Å². The first-order chi connectivity index (χ1) is 11.2. The molecule has 0 unspecified atom stereocenters. The minimum absolute atomic E-state index is 0.0565. The summed E-state index contributed by atoms with van der Waals surface area (Å²) < 4.78 is 6.73. The first kappa shape index (κ1) is 15.6. The first-order valence-electron chi connectivity index (χ1n) is 7.74. The van der Waals surface area contributed by atoms with E-state index >= 15 is 0 Å². The SMILES string of the molecule is COCC(=O)N1CC[C@@H](Cc2nccnc2-c2ccnn2C)C1. The topological polar surface area (TPSA) is 73.1 Å². The summed E-state index contributed by atoms with van der Waals surface area (Å²) >= 11 is 0. The van der Waals surface area contributed by atoms with Crippen molar-refractivity contribution in [1.82, 2.24) is 24.6 Å². The van der Waals surface area contributed by atoms with Gasteiger partial charge in [0.2, 0.25) is 5.91 Å². The second-order valence-corrected chi connectivity index (χ2v) is 5.82. The van der Waals surface area contributed by atoms with Crippen LogP contribution in [0.2, 0.25) is 0 Å². The number of carbonyl (C=O) groups excluding carboxylic acids is 1. The molecule has 1 fully saturated rings. The number of nitrogens with zero attached hydrogens (tertiary/aromatic N) is 5. The van der Waals surface area contributed by atoms with Gasteiger partial charge >= 0.3 is 0 Å². The van der Waals surface area contributed by atoms with Crippen LogP contribution < -0.4 is 0 Å². The zero-order chi connectivity index (χ0) is 16.2. The quantitative estimate of drug-likeness (QED) is 0.820. The van der Waals surface area contributed by atoms with Crippen LogP contribution in [-0.2, 0) is 23.0 Å². The van der Waals surface area contributed by atoms with Gasteiger partial charge in [0.15, 0.2) is 0 Å². The lowest BCUT2D eigenvalue weighted by Gasteiger charge is -2.16. The van der Waals surface area contributed by atoms with Crippen molar-refractivity contribution in [2.24, 2.45) is 13.0 Å². The molecule has 23 heavy (non-hydrogen) atoms. The van der Waals surface area contributed by atoms with E-state index in [9.17, 15) is 4.79 Å². The van der Waals surface area contributed by atoms with Crippen molar-refractivity contribution < 1.29 is 9.53 Å². The normalized spacial score (nSPS) is 17.7. The maximum Gasteiger partial charge on any atom is 0.248 e. The highest BCUT2D eigenvalue weighted by Gasteiger charge is 2.27. The standard InChI is InChI=1S/C16H21N5O2/c1-20-14(3-5-19-20)16-13(17-6-7-18-16)9-12-4-8-21(10-12)15(22)11-23-2/h3,5-7,12H,4,8-11H2,1-2H3/t12-/m0/s1. The molecule has 0 radical (unpaired) electrons. The monoisotopic (exact) mass is 315 g/mol. The van der Waals surface area contributed by atoms with Gasteiger partial charge in [-0.05, 0) is 24.8 Å². The van der Waals surface area contributed by atoms with Crippen molar-refractivity contribution in [3.8, 4) is 11.4 Å². The summed E-state index contributed by atoms with van der Waals surface area (Å²) in [5.41, 5.74) is 2.79. The van der Waals surface area contributed by atoms with Crippen LogP contribution >= 0.6 is 0 Å². The van der Waals surface area contributed by atoms with Crippen molar-refractivity contribution in [1.29, 1.82) is 0 Å². The lowest BCUT2D eigenvalue weighted by atomic mass is 10.0. The third-order valence-corrected chi connectivity index (χ3v) is 4.23. The predicted octanol–water partition coefficient (Wildman–Crippen LogP) is 0.914. The molecule has 1 atom stereocenters. The molecule has 0 N–H and O–H groups in total. The Morgan fingerprint density at radius 3 is 2.91 bits per heavy atom. The number of ether oxygens (including phenoxy) is 1. The van der Waals surface area contributed by atoms with E-state index in [-0.39, 0.29) is 12.5 Å². The van der Waals surface area contributed by atoms with Gasteiger partial charge < -0.3 is 9.64 Å². The molecule has 122 valence electrons. The Bertz CT molecular complexity index is 685. The molecule has 7 nitrogen and oxygen atoms in total. The average Bonchev–Trinajstić information content (AvgIpc) is 3.17. The van der Waals surface area contributed by atoms with Gasteiger partial charge in [0.05, 0.1) is 11.4 Å². The van der Waals surface area contributed by atoms with Crippen LogP contribution in [0.5, 0.6) is 0 Å². The fourth-order valence-corrected chi connectivity index (χ4v) is 3.05. The van der Waals surface area contributed by atoms with Gasteiger partial charge in [0.25, 0.3) is 0 Å². The van der Waals surface area contributed by atoms with Gasteiger partial charge in [-0.15, -0.1) is 0 Å². The Hall–Kier alpha value is -2.28. The number of rotatable bonds is 5. The van der Waals surface area contributed by atoms with Gasteiger partial charge in [0, 0.05) is 45.8 Å². The fraction of sp³-hybridized carbons (Fsp3) is 0.500. The zero-order valence-corrected chi connectivity index (χ0v) is 13.5. The van der Waals surface area contributed by atoms with Gasteiger partial charge in [-0.3, -0.25) is 19.4 Å². The maximum absolute atomic E-state index is 11.9. The largest absolute Gasteiger partial charge is 0.375 e. The summed E-state index contributed by atoms with van der Waals surface area (Å²) in [6.45, 7) is 1.69. The van der Waals surface area contributed by atoms with Crippen LogP contribution in [0.25, 0.3) is 11.4 Å². The van der Waals surface area contributed by atoms with Gasteiger partial charge in [0.1, 0.15) is 12.3 Å². The van der Waals surface area contributed by atoms with Crippen LogP contribution in [0.4, 0.5) is 0 Å². The molecule has 2 aromatic rings. The first-order valence-corrected chi connectivity index (χ1v) is 7.74. The molecule has 2 aromatic heterocycles. The second kappa shape index (κ2) is 6.87. The third-order valence-electron chi connectivity index (χ3n) is 4.23. The number of aryl methyl sites for hydroxylation is 1. The molecule has 0 aliphatic carbocycles. The molecule has 1 aliphatic heterocycles. The fourth-order valence-electron chi connectivity index (χ4n) is 3.05. The Balaban J connectivity index is 1.72. The van der Waals surface area contributed by atoms with E-state index in [0.29, 0.717) is 5.92 Å².